The zero-order valence-corrected chi connectivity index (χ0v) is 20.1. The number of piperidine rings is 1. The number of aromatic nitrogens is 4. The number of fused-ring (bicyclic) bond motifs is 5. The fraction of sp³-hybridized carbons (Fsp3) is 0.480. The highest BCUT2D eigenvalue weighted by Gasteiger charge is 2.40. The van der Waals surface area contributed by atoms with Crippen molar-refractivity contribution in [3.63, 3.8) is 0 Å². The SMILES string of the molecule is CC[C@H](C)[C@@H](C(=O)N1C[C@H]2C[C@@H](C1)c1cccc(=O)n1C2)n1cc(C(=O)OC)c2n[nH]c(=O)c-2c1. The Balaban J connectivity index is 1.54. The molecule has 1 aromatic heterocycles. The van der Waals surface area contributed by atoms with Crippen molar-refractivity contribution in [2.24, 2.45) is 11.8 Å². The van der Waals surface area contributed by atoms with Gasteiger partial charge in [-0.3, -0.25) is 14.4 Å². The molecule has 35 heavy (non-hydrogen) atoms. The molecule has 5 heterocycles. The molecule has 0 radical (unpaired) electrons. The van der Waals surface area contributed by atoms with E-state index in [2.05, 4.69) is 10.2 Å². The summed E-state index contributed by atoms with van der Waals surface area (Å²) in [5, 5.41) is 6.37. The molecule has 4 aliphatic rings. The molecule has 1 saturated heterocycles. The maximum atomic E-state index is 14.0. The van der Waals surface area contributed by atoms with Gasteiger partial charge in [-0.15, -0.1) is 0 Å². The molecule has 1 aromatic rings. The first-order chi connectivity index (χ1) is 16.8. The van der Waals surface area contributed by atoms with Crippen LogP contribution in [-0.2, 0) is 16.1 Å². The number of nitrogens with one attached hydrogen (secondary N) is 1. The fourth-order valence-corrected chi connectivity index (χ4v) is 5.63. The smallest absolute Gasteiger partial charge is 0.341 e. The number of likely N-dealkylation sites (tertiary alicyclic amines) is 1. The minimum absolute atomic E-state index is 0.00202. The Morgan fingerprint density at radius 3 is 2.74 bits per heavy atom. The summed E-state index contributed by atoms with van der Waals surface area (Å²) in [6, 6.07) is 4.72. The van der Waals surface area contributed by atoms with Crippen molar-refractivity contribution in [1.29, 1.82) is 0 Å². The molecule has 0 unspecified atom stereocenters. The number of esters is 1. The van der Waals surface area contributed by atoms with E-state index in [0.717, 1.165) is 18.5 Å². The highest BCUT2D eigenvalue weighted by atomic mass is 16.5. The van der Waals surface area contributed by atoms with Crippen molar-refractivity contribution in [2.75, 3.05) is 20.2 Å². The Morgan fingerprint density at radius 1 is 1.20 bits per heavy atom. The summed E-state index contributed by atoms with van der Waals surface area (Å²) in [6.45, 7) is 5.69. The van der Waals surface area contributed by atoms with Gasteiger partial charge < -0.3 is 18.8 Å². The average molecular weight is 480 g/mol. The molecule has 0 aliphatic carbocycles. The number of methoxy groups -OCH3 is 1. The van der Waals surface area contributed by atoms with Crippen molar-refractivity contribution in [2.45, 2.75) is 45.2 Å². The van der Waals surface area contributed by atoms with Gasteiger partial charge in [0.25, 0.3) is 11.1 Å². The first-order valence-corrected chi connectivity index (χ1v) is 12.0. The molecule has 4 aliphatic heterocycles. The summed E-state index contributed by atoms with van der Waals surface area (Å²) in [5.74, 6) is -0.451. The number of aromatic amines is 1. The number of amides is 1. The van der Waals surface area contributed by atoms with Crippen LogP contribution in [0.5, 0.6) is 0 Å². The second-order valence-electron chi connectivity index (χ2n) is 9.70. The van der Waals surface area contributed by atoms with Gasteiger partial charge in [0.05, 0.1) is 12.7 Å². The van der Waals surface area contributed by atoms with E-state index < -0.39 is 17.6 Å². The van der Waals surface area contributed by atoms with Crippen LogP contribution in [0.4, 0.5) is 0 Å². The lowest BCUT2D eigenvalue weighted by Crippen LogP contribution is -2.51. The van der Waals surface area contributed by atoms with Gasteiger partial charge in [-0.1, -0.05) is 26.3 Å². The molecule has 1 N–H and O–H groups in total. The summed E-state index contributed by atoms with van der Waals surface area (Å²) in [5.41, 5.74) is 1.14. The number of hydrogen-bond donors (Lipinski definition) is 1. The zero-order valence-electron chi connectivity index (χ0n) is 20.1. The van der Waals surface area contributed by atoms with E-state index in [0.29, 0.717) is 19.6 Å². The van der Waals surface area contributed by atoms with Crippen molar-refractivity contribution in [1.82, 2.24) is 24.2 Å². The highest BCUT2D eigenvalue weighted by molar-refractivity contribution is 5.96. The predicted molar refractivity (Wildman–Crippen MR) is 127 cm³/mol. The number of carbonyl (C=O) groups is 2. The van der Waals surface area contributed by atoms with Gasteiger partial charge in [-0.25, -0.2) is 9.89 Å². The van der Waals surface area contributed by atoms with Crippen LogP contribution < -0.4 is 11.1 Å². The second kappa shape index (κ2) is 8.83. The van der Waals surface area contributed by atoms with Gasteiger partial charge in [-0.05, 0) is 24.3 Å². The molecule has 2 bridgehead atoms. The maximum absolute atomic E-state index is 14.0. The Kier molecular flexibility index (Phi) is 5.82. The molecule has 0 aromatic carbocycles. The monoisotopic (exact) mass is 479 g/mol. The number of H-pyrrole nitrogens is 1. The third-order valence-electron chi connectivity index (χ3n) is 7.53. The van der Waals surface area contributed by atoms with E-state index in [1.54, 1.807) is 29.1 Å². The standard InChI is InChI=1S/C25H29N5O5/c1-4-14(2)22(28-12-17-21(26-27-23(17)32)18(13-28)25(34)35-3)24(33)29-9-15-8-16(11-29)19-6-5-7-20(31)30(19)10-15/h5-7,12-16,22H,4,8-11H2,1-3H3,(H,27,32)/t14-,15+,16-,22-/m0/s1. The predicted octanol–water partition coefficient (Wildman–Crippen LogP) is 1.86. The quantitative estimate of drug-likeness (QED) is 0.558. The Labute approximate surface area is 201 Å². The molecular weight excluding hydrogens is 450 g/mol. The van der Waals surface area contributed by atoms with E-state index in [-0.39, 0.29) is 46.0 Å². The van der Waals surface area contributed by atoms with E-state index in [1.807, 2.05) is 29.4 Å². The van der Waals surface area contributed by atoms with E-state index in [9.17, 15) is 19.2 Å². The van der Waals surface area contributed by atoms with Crippen molar-refractivity contribution < 1.29 is 14.3 Å². The van der Waals surface area contributed by atoms with Gasteiger partial charge in [0.1, 0.15) is 17.3 Å². The molecule has 1 fully saturated rings. The largest absolute Gasteiger partial charge is 0.465 e. The fourth-order valence-electron chi connectivity index (χ4n) is 5.63. The lowest BCUT2D eigenvalue weighted by atomic mass is 9.82. The third kappa shape index (κ3) is 3.86. The third-order valence-corrected chi connectivity index (χ3v) is 7.53. The summed E-state index contributed by atoms with van der Waals surface area (Å²) in [4.78, 5) is 53.2. The van der Waals surface area contributed by atoms with Gasteiger partial charge in [0.15, 0.2) is 0 Å². The number of carbonyl (C=O) groups excluding carboxylic acids is 2. The number of ether oxygens (including phenoxy) is 1. The van der Waals surface area contributed by atoms with E-state index in [1.165, 1.54) is 7.11 Å². The molecular formula is C25H29N5O5. The summed E-state index contributed by atoms with van der Waals surface area (Å²) >= 11 is 0. The van der Waals surface area contributed by atoms with Crippen LogP contribution in [0.15, 0.2) is 40.2 Å². The minimum atomic E-state index is -0.624. The molecule has 10 heteroatoms. The van der Waals surface area contributed by atoms with Gasteiger partial charge in [0.2, 0.25) is 5.91 Å². The summed E-state index contributed by atoms with van der Waals surface area (Å²) in [6.07, 6.45) is 4.83. The minimum Gasteiger partial charge on any atom is -0.465 e. The van der Waals surface area contributed by atoms with Crippen LogP contribution in [0.2, 0.25) is 0 Å². The van der Waals surface area contributed by atoms with Crippen LogP contribution in [0, 0.1) is 11.8 Å². The van der Waals surface area contributed by atoms with Gasteiger partial charge in [0, 0.05) is 49.7 Å². The molecule has 4 atom stereocenters. The Morgan fingerprint density at radius 2 is 2.00 bits per heavy atom. The lowest BCUT2D eigenvalue weighted by molar-refractivity contribution is -0.139. The van der Waals surface area contributed by atoms with Crippen LogP contribution in [-0.4, -0.2) is 56.3 Å². The number of rotatable bonds is 5. The normalized spacial score (nSPS) is 20.8. The maximum Gasteiger partial charge on any atom is 0.341 e. The molecule has 0 saturated carbocycles. The number of nitrogens with zero attached hydrogens (tertiary/aromatic N) is 4. The van der Waals surface area contributed by atoms with Gasteiger partial charge in [-0.2, -0.15) is 5.10 Å². The van der Waals surface area contributed by atoms with E-state index >= 15 is 0 Å². The molecule has 0 spiro atoms. The molecule has 5 rings (SSSR count). The Bertz CT molecular complexity index is 1370. The van der Waals surface area contributed by atoms with Crippen LogP contribution >= 0.6 is 0 Å². The zero-order chi connectivity index (χ0) is 24.9. The highest BCUT2D eigenvalue weighted by Crippen LogP contribution is 2.37. The Hall–Kier alpha value is -3.69. The van der Waals surface area contributed by atoms with Crippen LogP contribution in [0.3, 0.4) is 0 Å². The first kappa shape index (κ1) is 23.1. The average Bonchev–Trinajstić information content (AvgIpc) is 3.24. The molecule has 1 amide bonds. The molecule has 10 nitrogen and oxygen atoms in total. The molecule has 184 valence electrons. The number of hydrogen-bond acceptors (Lipinski definition) is 6. The first-order valence-electron chi connectivity index (χ1n) is 12.0. The second-order valence-corrected chi connectivity index (χ2v) is 9.70. The lowest BCUT2D eigenvalue weighted by Gasteiger charge is -2.44. The summed E-state index contributed by atoms with van der Waals surface area (Å²) in [7, 11) is 1.27. The topological polar surface area (TPSA) is 119 Å². The van der Waals surface area contributed by atoms with Crippen molar-refractivity contribution in [3.05, 3.63) is 62.6 Å². The van der Waals surface area contributed by atoms with Crippen molar-refractivity contribution >= 4 is 11.9 Å². The van der Waals surface area contributed by atoms with E-state index in [4.69, 9.17) is 4.74 Å². The van der Waals surface area contributed by atoms with Gasteiger partial charge >= 0.3 is 5.97 Å². The van der Waals surface area contributed by atoms with Crippen LogP contribution in [0.25, 0.3) is 11.3 Å². The summed E-state index contributed by atoms with van der Waals surface area (Å²) < 4.78 is 8.43. The number of pyridine rings is 2. The van der Waals surface area contributed by atoms with Crippen molar-refractivity contribution in [3.8, 4) is 11.3 Å². The van der Waals surface area contributed by atoms with Crippen LogP contribution in [0.1, 0.15) is 54.7 Å².